The van der Waals surface area contributed by atoms with E-state index in [4.69, 9.17) is 9.47 Å². The fourth-order valence-corrected chi connectivity index (χ4v) is 8.46. The maximum Gasteiger partial charge on any atom is 0.412 e. The van der Waals surface area contributed by atoms with Crippen LogP contribution < -0.4 is 15.4 Å². The van der Waals surface area contributed by atoms with E-state index >= 15 is 0 Å². The van der Waals surface area contributed by atoms with Crippen LogP contribution in [-0.4, -0.2) is 31.4 Å². The third-order valence-electron chi connectivity index (χ3n) is 13.6. The Balaban J connectivity index is 1.53. The molecule has 0 radical (unpaired) electrons. The number of carbonyl (C=O) groups excluding carboxylic acids is 2. The fourth-order valence-electron chi connectivity index (χ4n) is 8.46. The van der Waals surface area contributed by atoms with Crippen LogP contribution in [-0.2, 0) is 32.8 Å². The second-order valence-corrected chi connectivity index (χ2v) is 20.6. The topological polar surface area (TPSA) is 76.7 Å². The van der Waals surface area contributed by atoms with Gasteiger partial charge in [-0.05, 0) is 131 Å². The summed E-state index contributed by atoms with van der Waals surface area (Å²) in [6, 6.07) is 13.4. The lowest BCUT2D eigenvalue weighted by atomic mass is 9.62. The van der Waals surface area contributed by atoms with E-state index < -0.39 is 6.09 Å². The fraction of sp³-hybridized carbons (Fsp3) is 0.714. The molecule has 6 heteroatoms. The zero-order chi connectivity index (χ0) is 41.5. The largest absolute Gasteiger partial charge is 0.450 e. The Bertz CT molecular complexity index is 1590. The Hall–Kier alpha value is -3.02. The van der Waals surface area contributed by atoms with Crippen LogP contribution in [0.25, 0.3) is 0 Å². The van der Waals surface area contributed by atoms with E-state index in [2.05, 4.69) is 145 Å². The summed E-state index contributed by atoms with van der Waals surface area (Å²) in [6.07, 6.45) is 9.89. The maximum absolute atomic E-state index is 13.3. The van der Waals surface area contributed by atoms with E-state index in [9.17, 15) is 9.59 Å². The van der Waals surface area contributed by atoms with Crippen LogP contribution in [0, 0.1) is 10.8 Å². The quantitative estimate of drug-likeness (QED) is 0.148. The molecule has 1 aliphatic rings. The van der Waals surface area contributed by atoms with Crippen molar-refractivity contribution in [2.75, 3.05) is 13.2 Å². The van der Waals surface area contributed by atoms with Crippen molar-refractivity contribution in [1.29, 1.82) is 0 Å². The third kappa shape index (κ3) is 12.7. The molecule has 0 heterocycles. The summed E-state index contributed by atoms with van der Waals surface area (Å²) in [5.41, 5.74) is 6.64. The number of carbonyl (C=O) groups is 2. The number of ether oxygens (including phenoxy) is 2. The van der Waals surface area contributed by atoms with Gasteiger partial charge in [0.1, 0.15) is 5.75 Å². The lowest BCUT2D eigenvalue weighted by Crippen LogP contribution is -2.50. The molecule has 1 fully saturated rings. The van der Waals surface area contributed by atoms with E-state index in [0.717, 1.165) is 76.2 Å². The minimum Gasteiger partial charge on any atom is -0.450 e. The summed E-state index contributed by atoms with van der Waals surface area (Å²) in [6.45, 7) is 34.8. The predicted octanol–water partition coefficient (Wildman–Crippen LogP) is 13.2. The minimum atomic E-state index is -0.438. The maximum atomic E-state index is 13.3. The zero-order valence-corrected chi connectivity index (χ0v) is 37.9. The van der Waals surface area contributed by atoms with E-state index in [1.165, 1.54) is 22.3 Å². The molecule has 0 aromatic heterocycles. The van der Waals surface area contributed by atoms with E-state index in [0.29, 0.717) is 18.9 Å². The number of amides is 2. The Morgan fingerprint density at radius 1 is 0.691 bits per heavy atom. The van der Waals surface area contributed by atoms with Crippen LogP contribution in [0.2, 0.25) is 0 Å². The third-order valence-corrected chi connectivity index (χ3v) is 13.6. The second-order valence-electron chi connectivity index (χ2n) is 20.6. The minimum absolute atomic E-state index is 0.00749. The molecule has 55 heavy (non-hydrogen) atoms. The number of hydrogen-bond acceptors (Lipinski definition) is 4. The van der Waals surface area contributed by atoms with Crippen molar-refractivity contribution in [2.45, 2.75) is 202 Å². The highest BCUT2D eigenvalue weighted by molar-refractivity contribution is 5.71. The average Bonchev–Trinajstić information content (AvgIpc) is 3.11. The van der Waals surface area contributed by atoms with Crippen molar-refractivity contribution in [3.05, 3.63) is 64.2 Å². The number of aryl methyl sites for hydroxylation is 1. The average molecular weight is 761 g/mol. The smallest absolute Gasteiger partial charge is 0.412 e. The lowest BCUT2D eigenvalue weighted by Gasteiger charge is -2.46. The van der Waals surface area contributed by atoms with Gasteiger partial charge in [-0.15, -0.1) is 0 Å². The molecular weight excluding hydrogens is 681 g/mol. The molecule has 2 aromatic rings. The van der Waals surface area contributed by atoms with Gasteiger partial charge in [0, 0.05) is 18.2 Å². The SMILES string of the molecule is CCC(C)(C)c1ccc(CCCCCOC(=O)NC2CC(C)(C)CC(C)(CNC(=O)Oc3ccc(C(C)(C)CC)cc3C(C)(C)CC)C2)c(C(C)(C)CC)c1. The number of nitrogens with one attached hydrogen (secondary N) is 2. The Morgan fingerprint density at radius 2 is 1.24 bits per heavy atom. The van der Waals surface area contributed by atoms with E-state index in [-0.39, 0.29) is 44.6 Å². The highest BCUT2D eigenvalue weighted by Crippen LogP contribution is 2.46. The Kier molecular flexibility index (Phi) is 15.6. The number of alkyl carbamates (subject to hydrolysis) is 1. The molecule has 1 aliphatic carbocycles. The summed E-state index contributed by atoms with van der Waals surface area (Å²) in [5, 5.41) is 6.27. The van der Waals surface area contributed by atoms with Crippen molar-refractivity contribution in [3.8, 4) is 5.75 Å². The van der Waals surface area contributed by atoms with Crippen molar-refractivity contribution >= 4 is 12.2 Å². The summed E-state index contributed by atoms with van der Waals surface area (Å²) in [5.74, 6) is 0.617. The van der Waals surface area contributed by atoms with Gasteiger partial charge in [-0.25, -0.2) is 9.59 Å². The normalized spacial score (nSPS) is 19.1. The number of unbranched alkanes of at least 4 members (excludes halogenated alkanes) is 2. The molecule has 0 spiro atoms. The first-order valence-corrected chi connectivity index (χ1v) is 21.6. The molecule has 2 aromatic carbocycles. The van der Waals surface area contributed by atoms with Crippen LogP contribution in [0.4, 0.5) is 9.59 Å². The van der Waals surface area contributed by atoms with Gasteiger partial charge in [-0.3, -0.25) is 0 Å². The zero-order valence-electron chi connectivity index (χ0n) is 37.9. The number of rotatable bonds is 18. The number of hydrogen-bond donors (Lipinski definition) is 2. The van der Waals surface area contributed by atoms with Gasteiger partial charge in [0.25, 0.3) is 0 Å². The summed E-state index contributed by atoms with van der Waals surface area (Å²) in [7, 11) is 0. The first kappa shape index (κ1) is 46.4. The molecule has 6 nitrogen and oxygen atoms in total. The van der Waals surface area contributed by atoms with Gasteiger partial charge < -0.3 is 20.1 Å². The molecular formula is C49H80N2O4. The molecule has 0 aliphatic heterocycles. The molecule has 0 saturated heterocycles. The van der Waals surface area contributed by atoms with Gasteiger partial charge >= 0.3 is 12.2 Å². The second kappa shape index (κ2) is 18.5. The molecule has 0 bridgehead atoms. The molecule has 2 N–H and O–H groups in total. The number of benzene rings is 2. The summed E-state index contributed by atoms with van der Waals surface area (Å²) >= 11 is 0. The van der Waals surface area contributed by atoms with Gasteiger partial charge in [0.2, 0.25) is 0 Å². The lowest BCUT2D eigenvalue weighted by molar-refractivity contribution is 0.0648. The van der Waals surface area contributed by atoms with Crippen molar-refractivity contribution in [3.63, 3.8) is 0 Å². The van der Waals surface area contributed by atoms with Crippen LogP contribution in [0.1, 0.15) is 196 Å². The van der Waals surface area contributed by atoms with E-state index in [1.807, 2.05) is 6.07 Å². The molecule has 2 atom stereocenters. The van der Waals surface area contributed by atoms with Gasteiger partial charge in [0.05, 0.1) is 6.61 Å². The van der Waals surface area contributed by atoms with Crippen LogP contribution in [0.3, 0.4) is 0 Å². The first-order valence-electron chi connectivity index (χ1n) is 21.6. The molecule has 310 valence electrons. The molecule has 3 rings (SSSR count). The van der Waals surface area contributed by atoms with Crippen molar-refractivity contribution in [2.24, 2.45) is 10.8 Å². The highest BCUT2D eigenvalue weighted by Gasteiger charge is 2.42. The monoisotopic (exact) mass is 761 g/mol. The Labute approximate surface area is 337 Å². The predicted molar refractivity (Wildman–Crippen MR) is 232 cm³/mol. The molecule has 2 unspecified atom stereocenters. The van der Waals surface area contributed by atoms with Crippen LogP contribution in [0.5, 0.6) is 5.75 Å². The first-order chi connectivity index (χ1) is 25.4. The van der Waals surface area contributed by atoms with Gasteiger partial charge in [-0.1, -0.05) is 134 Å². The van der Waals surface area contributed by atoms with Crippen LogP contribution >= 0.6 is 0 Å². The van der Waals surface area contributed by atoms with E-state index in [1.54, 1.807) is 0 Å². The Morgan fingerprint density at radius 3 is 1.82 bits per heavy atom. The molecule has 2 amide bonds. The van der Waals surface area contributed by atoms with Crippen molar-refractivity contribution < 1.29 is 19.1 Å². The standard InChI is InChI=1S/C49H80N2O4/c1-16-45(7,8)36-25-24-35(39(29-36)47(11,12)18-3)23-21-20-22-28-54-43(53)51-38-31-44(5,6)33-49(15,32-38)34-50-42(52)55-41-27-26-37(46(9,10)17-2)30-40(41)48(13,14)19-4/h24-27,29-30,38H,16-23,28,31-34H2,1-15H3,(H,50,52)(H,51,53). The van der Waals surface area contributed by atoms with Gasteiger partial charge in [-0.2, -0.15) is 0 Å². The summed E-state index contributed by atoms with van der Waals surface area (Å²) in [4.78, 5) is 26.3. The van der Waals surface area contributed by atoms with Gasteiger partial charge in [0.15, 0.2) is 0 Å². The van der Waals surface area contributed by atoms with Crippen molar-refractivity contribution in [1.82, 2.24) is 10.6 Å². The molecule has 1 saturated carbocycles. The van der Waals surface area contributed by atoms with Crippen LogP contribution in [0.15, 0.2) is 36.4 Å². The summed E-state index contributed by atoms with van der Waals surface area (Å²) < 4.78 is 11.7. The highest BCUT2D eigenvalue weighted by atomic mass is 16.6.